The lowest BCUT2D eigenvalue weighted by molar-refractivity contribution is 0.277. The summed E-state index contributed by atoms with van der Waals surface area (Å²) in [4.78, 5) is 0. The predicted octanol–water partition coefficient (Wildman–Crippen LogP) is 4.75. The van der Waals surface area contributed by atoms with Gasteiger partial charge in [-0.15, -0.1) is 0 Å². The molecule has 0 radical (unpaired) electrons. The monoisotopic (exact) mass is 305 g/mol. The third-order valence-corrected chi connectivity index (χ3v) is 4.14. The molecule has 0 fully saturated rings. The number of hydrogen-bond donors (Lipinski definition) is 1. The SMILES string of the molecule is Cc1cc2oc(=NO)cc(C)c2c2occ(-c3ccccc3)c12. The van der Waals surface area contributed by atoms with Gasteiger partial charge in [0.15, 0.2) is 0 Å². The normalized spacial score (nSPS) is 12.3. The number of hydrogen-bond acceptors (Lipinski definition) is 4. The Morgan fingerprint density at radius 2 is 1.70 bits per heavy atom. The molecule has 0 bridgehead atoms. The van der Waals surface area contributed by atoms with E-state index < -0.39 is 0 Å². The Morgan fingerprint density at radius 1 is 0.957 bits per heavy atom. The molecule has 1 N–H and O–H groups in total. The van der Waals surface area contributed by atoms with E-state index in [1.165, 1.54) is 0 Å². The van der Waals surface area contributed by atoms with Crippen molar-refractivity contribution in [2.75, 3.05) is 0 Å². The molecule has 4 nitrogen and oxygen atoms in total. The zero-order valence-electron chi connectivity index (χ0n) is 12.8. The molecule has 0 atom stereocenters. The molecular formula is C19H15NO3. The number of aryl methyl sites for hydroxylation is 2. The molecule has 0 spiro atoms. The van der Waals surface area contributed by atoms with Gasteiger partial charge in [-0.25, -0.2) is 0 Å². The van der Waals surface area contributed by atoms with Crippen LogP contribution in [0.25, 0.3) is 33.1 Å². The van der Waals surface area contributed by atoms with Crippen molar-refractivity contribution in [3.05, 3.63) is 65.4 Å². The van der Waals surface area contributed by atoms with Crippen molar-refractivity contribution in [1.29, 1.82) is 0 Å². The van der Waals surface area contributed by atoms with Crippen molar-refractivity contribution in [1.82, 2.24) is 0 Å². The molecule has 4 aromatic rings. The second-order valence-electron chi connectivity index (χ2n) is 5.65. The number of rotatable bonds is 1. The van der Waals surface area contributed by atoms with Crippen LogP contribution in [0.2, 0.25) is 0 Å². The highest BCUT2D eigenvalue weighted by Gasteiger charge is 2.16. The lowest BCUT2D eigenvalue weighted by Crippen LogP contribution is -2.01. The Morgan fingerprint density at radius 3 is 2.43 bits per heavy atom. The number of furan rings is 1. The standard InChI is InChI=1S/C19H15NO3/c1-11-8-15-18(12(2)9-16(20-21)23-15)19-17(11)14(10-22-19)13-6-4-3-5-7-13/h3-10,21H,1-2H3. The molecule has 0 aliphatic heterocycles. The molecule has 4 rings (SSSR count). The third kappa shape index (κ3) is 2.03. The summed E-state index contributed by atoms with van der Waals surface area (Å²) in [6.45, 7) is 3.98. The Kier molecular flexibility index (Phi) is 2.98. The summed E-state index contributed by atoms with van der Waals surface area (Å²) in [5.41, 5.74) is 5.81. The number of benzene rings is 2. The quantitative estimate of drug-likeness (QED) is 0.407. The van der Waals surface area contributed by atoms with Crippen molar-refractivity contribution in [2.24, 2.45) is 5.16 Å². The smallest absolute Gasteiger partial charge is 0.255 e. The van der Waals surface area contributed by atoms with Gasteiger partial charge in [0.25, 0.3) is 5.55 Å². The second-order valence-corrected chi connectivity index (χ2v) is 5.65. The third-order valence-electron chi connectivity index (χ3n) is 4.14. The van der Waals surface area contributed by atoms with Gasteiger partial charge < -0.3 is 14.0 Å². The summed E-state index contributed by atoms with van der Waals surface area (Å²) in [6, 6.07) is 13.8. The minimum atomic E-state index is 0.184. The molecule has 23 heavy (non-hydrogen) atoms. The van der Waals surface area contributed by atoms with Crippen LogP contribution in [-0.2, 0) is 0 Å². The van der Waals surface area contributed by atoms with Crippen molar-refractivity contribution < 1.29 is 14.0 Å². The van der Waals surface area contributed by atoms with E-state index in [1.54, 1.807) is 12.3 Å². The topological polar surface area (TPSA) is 58.9 Å². The minimum Gasteiger partial charge on any atom is -0.463 e. The summed E-state index contributed by atoms with van der Waals surface area (Å²) in [6.07, 6.45) is 1.79. The molecule has 4 heteroatoms. The lowest BCUT2D eigenvalue weighted by atomic mass is 9.98. The maximum atomic E-state index is 8.96. The lowest BCUT2D eigenvalue weighted by Gasteiger charge is -2.06. The zero-order valence-corrected chi connectivity index (χ0v) is 12.8. The largest absolute Gasteiger partial charge is 0.463 e. The number of fused-ring (bicyclic) bond motifs is 3. The van der Waals surface area contributed by atoms with E-state index in [4.69, 9.17) is 14.0 Å². The van der Waals surface area contributed by atoms with Crippen molar-refractivity contribution in [3.63, 3.8) is 0 Å². The predicted molar refractivity (Wildman–Crippen MR) is 88.2 cm³/mol. The molecule has 114 valence electrons. The average Bonchev–Trinajstić information content (AvgIpc) is 3.00. The molecule has 0 amide bonds. The summed E-state index contributed by atoms with van der Waals surface area (Å²) in [5.74, 6) is 0. The molecule has 2 heterocycles. The van der Waals surface area contributed by atoms with E-state index in [2.05, 4.69) is 17.3 Å². The van der Waals surface area contributed by atoms with Crippen LogP contribution in [0, 0.1) is 13.8 Å². The molecule has 2 aromatic carbocycles. The highest BCUT2D eigenvalue weighted by atomic mass is 16.5. The van der Waals surface area contributed by atoms with E-state index in [-0.39, 0.29) is 5.55 Å². The van der Waals surface area contributed by atoms with Gasteiger partial charge in [0.1, 0.15) is 11.2 Å². The Hall–Kier alpha value is -3.01. The Bertz CT molecular complexity index is 1090. The van der Waals surface area contributed by atoms with Crippen LogP contribution < -0.4 is 5.55 Å². The van der Waals surface area contributed by atoms with Gasteiger partial charge in [0, 0.05) is 17.0 Å². The van der Waals surface area contributed by atoms with Crippen LogP contribution in [0.4, 0.5) is 0 Å². The highest BCUT2D eigenvalue weighted by Crippen LogP contribution is 2.37. The van der Waals surface area contributed by atoms with Gasteiger partial charge in [-0.2, -0.15) is 0 Å². The minimum absolute atomic E-state index is 0.184. The molecule has 0 unspecified atom stereocenters. The molecule has 2 aromatic heterocycles. The van der Waals surface area contributed by atoms with Gasteiger partial charge in [0.05, 0.1) is 11.6 Å². The molecule has 0 aliphatic carbocycles. The summed E-state index contributed by atoms with van der Waals surface area (Å²) in [7, 11) is 0. The molecule has 0 aliphatic rings. The zero-order chi connectivity index (χ0) is 16.0. The first kappa shape index (κ1) is 13.6. The summed E-state index contributed by atoms with van der Waals surface area (Å²) < 4.78 is 11.5. The van der Waals surface area contributed by atoms with Gasteiger partial charge in [0.2, 0.25) is 0 Å². The highest BCUT2D eigenvalue weighted by molar-refractivity contribution is 6.10. The second kappa shape index (κ2) is 5.02. The Balaban J connectivity index is 2.15. The fraction of sp³-hybridized carbons (Fsp3) is 0.105. The first-order chi connectivity index (χ1) is 11.2. The number of nitrogens with zero attached hydrogens (tertiary/aromatic N) is 1. The Labute approximate surface area is 132 Å². The van der Waals surface area contributed by atoms with Crippen molar-refractivity contribution in [3.8, 4) is 11.1 Å². The average molecular weight is 305 g/mol. The first-order valence-electron chi connectivity index (χ1n) is 7.38. The fourth-order valence-electron chi connectivity index (χ4n) is 3.12. The van der Waals surface area contributed by atoms with E-state index in [1.807, 2.05) is 38.1 Å². The van der Waals surface area contributed by atoms with E-state index >= 15 is 0 Å². The van der Waals surface area contributed by atoms with E-state index in [0.717, 1.165) is 38.6 Å². The van der Waals surface area contributed by atoms with E-state index in [9.17, 15) is 0 Å². The maximum absolute atomic E-state index is 8.96. The summed E-state index contributed by atoms with van der Waals surface area (Å²) in [5, 5.41) is 14.1. The maximum Gasteiger partial charge on any atom is 0.255 e. The molecule has 0 saturated heterocycles. The van der Waals surface area contributed by atoms with Crippen molar-refractivity contribution in [2.45, 2.75) is 13.8 Å². The molecule has 0 saturated carbocycles. The first-order valence-corrected chi connectivity index (χ1v) is 7.38. The van der Waals surface area contributed by atoms with Crippen LogP contribution in [-0.4, -0.2) is 5.21 Å². The van der Waals surface area contributed by atoms with Gasteiger partial charge in [-0.3, -0.25) is 0 Å². The van der Waals surface area contributed by atoms with Crippen LogP contribution in [0.1, 0.15) is 11.1 Å². The van der Waals surface area contributed by atoms with Gasteiger partial charge in [-0.05, 0) is 41.8 Å². The van der Waals surface area contributed by atoms with Crippen LogP contribution in [0.5, 0.6) is 0 Å². The summed E-state index contributed by atoms with van der Waals surface area (Å²) >= 11 is 0. The van der Waals surface area contributed by atoms with Gasteiger partial charge >= 0.3 is 0 Å². The van der Waals surface area contributed by atoms with Crippen molar-refractivity contribution >= 4 is 21.9 Å². The van der Waals surface area contributed by atoms with Crippen LogP contribution in [0.15, 0.2) is 62.7 Å². The van der Waals surface area contributed by atoms with E-state index in [0.29, 0.717) is 5.58 Å². The van der Waals surface area contributed by atoms with Crippen LogP contribution in [0.3, 0.4) is 0 Å². The fourth-order valence-corrected chi connectivity index (χ4v) is 3.12. The molecular weight excluding hydrogens is 290 g/mol. The van der Waals surface area contributed by atoms with Crippen LogP contribution >= 0.6 is 0 Å². The van der Waals surface area contributed by atoms with Gasteiger partial charge in [-0.1, -0.05) is 30.3 Å².